The third-order valence-electron chi connectivity index (χ3n) is 3.58. The fraction of sp³-hybridized carbons (Fsp3) is 0.188. The highest BCUT2D eigenvalue weighted by Crippen LogP contribution is 2.37. The summed E-state index contributed by atoms with van der Waals surface area (Å²) in [4.78, 5) is 11.6. The van der Waals surface area contributed by atoms with Crippen molar-refractivity contribution < 1.29 is 14.3 Å². The van der Waals surface area contributed by atoms with Gasteiger partial charge in [-0.25, -0.2) is 0 Å². The van der Waals surface area contributed by atoms with Crippen LogP contribution in [0.4, 0.5) is 5.69 Å². The Morgan fingerprint density at radius 2 is 2.10 bits per heavy atom. The topological polar surface area (TPSA) is 47.6 Å². The van der Waals surface area contributed by atoms with Crippen molar-refractivity contribution in [2.75, 3.05) is 19.5 Å². The van der Waals surface area contributed by atoms with E-state index in [0.29, 0.717) is 5.57 Å². The van der Waals surface area contributed by atoms with E-state index >= 15 is 0 Å². The lowest BCUT2D eigenvalue weighted by Crippen LogP contribution is -2.26. The number of ether oxygens (including phenoxy) is 2. The van der Waals surface area contributed by atoms with Gasteiger partial charge in [0.15, 0.2) is 6.29 Å². The zero-order valence-corrected chi connectivity index (χ0v) is 11.3. The third kappa shape index (κ3) is 1.90. The molecule has 1 aromatic carbocycles. The summed E-state index contributed by atoms with van der Waals surface area (Å²) in [6, 6.07) is 5.67. The molecule has 1 atom stereocenters. The van der Waals surface area contributed by atoms with Crippen molar-refractivity contribution in [3.05, 3.63) is 53.3 Å². The highest BCUT2D eigenvalue weighted by molar-refractivity contribution is 6.13. The van der Waals surface area contributed by atoms with E-state index in [-0.39, 0.29) is 6.04 Å². The van der Waals surface area contributed by atoms with E-state index in [1.807, 2.05) is 36.4 Å². The second-order valence-corrected chi connectivity index (χ2v) is 4.63. The van der Waals surface area contributed by atoms with Crippen molar-refractivity contribution in [2.24, 2.45) is 0 Å². The van der Waals surface area contributed by atoms with E-state index in [1.54, 1.807) is 14.2 Å². The van der Waals surface area contributed by atoms with E-state index < -0.39 is 0 Å². The number of nitrogens with one attached hydrogen (secondary N) is 1. The number of fused-ring (bicyclic) bond motifs is 2. The Morgan fingerprint density at radius 1 is 1.25 bits per heavy atom. The molecule has 4 heteroatoms. The standard InChI is InChI=1S/C16H15NO3/c1-19-10-3-5-15-12(7-10)14(9-18)13-8-11(20-2)4-6-16(13)17-15/h3-9,15,17H,1-2H3. The Kier molecular flexibility index (Phi) is 3.06. The van der Waals surface area contributed by atoms with Gasteiger partial charge in [0.2, 0.25) is 0 Å². The molecule has 0 amide bonds. The largest absolute Gasteiger partial charge is 0.497 e. The molecule has 1 aliphatic carbocycles. The average Bonchev–Trinajstić information content (AvgIpc) is 2.51. The van der Waals surface area contributed by atoms with Crippen molar-refractivity contribution >= 4 is 17.5 Å². The molecule has 2 aliphatic rings. The Bertz CT molecular complexity index is 656. The summed E-state index contributed by atoms with van der Waals surface area (Å²) in [5.74, 6) is 1.47. The van der Waals surface area contributed by atoms with E-state index in [9.17, 15) is 4.79 Å². The van der Waals surface area contributed by atoms with Crippen molar-refractivity contribution in [1.29, 1.82) is 0 Å². The van der Waals surface area contributed by atoms with Crippen molar-refractivity contribution in [1.82, 2.24) is 0 Å². The molecule has 0 bridgehead atoms. The lowest BCUT2D eigenvalue weighted by molar-refractivity contribution is -0.103. The van der Waals surface area contributed by atoms with Gasteiger partial charge in [0.05, 0.1) is 20.3 Å². The van der Waals surface area contributed by atoms with Crippen molar-refractivity contribution in [2.45, 2.75) is 6.04 Å². The summed E-state index contributed by atoms with van der Waals surface area (Å²) in [7, 11) is 3.23. The second kappa shape index (κ2) is 4.89. The van der Waals surface area contributed by atoms with Gasteiger partial charge in [0.25, 0.3) is 0 Å². The van der Waals surface area contributed by atoms with Crippen LogP contribution in [-0.4, -0.2) is 26.5 Å². The van der Waals surface area contributed by atoms with Gasteiger partial charge < -0.3 is 14.8 Å². The zero-order chi connectivity index (χ0) is 14.1. The molecule has 0 spiro atoms. The maximum Gasteiger partial charge on any atom is 0.151 e. The number of aldehydes is 1. The lowest BCUT2D eigenvalue weighted by atomic mass is 9.87. The molecule has 0 saturated heterocycles. The summed E-state index contributed by atoms with van der Waals surface area (Å²) in [5, 5.41) is 3.40. The van der Waals surface area contributed by atoms with Crippen molar-refractivity contribution in [3.8, 4) is 5.75 Å². The quantitative estimate of drug-likeness (QED) is 0.857. The fourth-order valence-electron chi connectivity index (χ4n) is 2.54. The molecule has 1 unspecified atom stereocenters. The number of carbonyl (C=O) groups is 1. The van der Waals surface area contributed by atoms with Gasteiger partial charge in [-0.05, 0) is 35.9 Å². The molecule has 0 fully saturated rings. The summed E-state index contributed by atoms with van der Waals surface area (Å²) in [5.41, 5.74) is 3.37. The van der Waals surface area contributed by atoms with Crippen LogP contribution in [0.25, 0.3) is 5.57 Å². The summed E-state index contributed by atoms with van der Waals surface area (Å²) in [6.07, 6.45) is 6.68. The molecule has 0 aromatic heterocycles. The molecule has 4 nitrogen and oxygen atoms in total. The molecule has 0 radical (unpaired) electrons. The Balaban J connectivity index is 2.18. The van der Waals surface area contributed by atoms with Gasteiger partial charge in [0, 0.05) is 16.8 Å². The molecule has 1 aliphatic heterocycles. The first-order valence-electron chi connectivity index (χ1n) is 6.35. The second-order valence-electron chi connectivity index (χ2n) is 4.63. The SMILES string of the molecule is COC1=CC2=C(C=O)c3cc(OC)ccc3NC2C=C1. The van der Waals surface area contributed by atoms with Crippen LogP contribution in [0.3, 0.4) is 0 Å². The molecule has 1 aromatic rings. The Labute approximate surface area is 117 Å². The van der Waals surface area contributed by atoms with E-state index in [0.717, 1.165) is 34.6 Å². The van der Waals surface area contributed by atoms with E-state index in [4.69, 9.17) is 9.47 Å². The van der Waals surface area contributed by atoms with Gasteiger partial charge in [-0.2, -0.15) is 0 Å². The first kappa shape index (κ1) is 12.5. The average molecular weight is 269 g/mol. The lowest BCUT2D eigenvalue weighted by Gasteiger charge is -2.29. The predicted molar refractivity (Wildman–Crippen MR) is 77.6 cm³/mol. The molecule has 3 rings (SSSR count). The van der Waals surface area contributed by atoms with Crippen LogP contribution in [0.1, 0.15) is 5.56 Å². The summed E-state index contributed by atoms with van der Waals surface area (Å²) in [6.45, 7) is 0. The monoisotopic (exact) mass is 269 g/mol. The first-order chi connectivity index (χ1) is 9.76. The molecule has 1 N–H and O–H groups in total. The smallest absolute Gasteiger partial charge is 0.151 e. The van der Waals surface area contributed by atoms with Crippen molar-refractivity contribution in [3.63, 3.8) is 0 Å². The molecular formula is C16H15NO3. The maximum atomic E-state index is 11.6. The minimum atomic E-state index is -0.00463. The van der Waals surface area contributed by atoms with Crippen LogP contribution in [-0.2, 0) is 9.53 Å². The van der Waals surface area contributed by atoms with Crippen LogP contribution >= 0.6 is 0 Å². The molecule has 20 heavy (non-hydrogen) atoms. The number of rotatable bonds is 3. The Hall–Kier alpha value is -2.49. The first-order valence-corrected chi connectivity index (χ1v) is 6.35. The molecular weight excluding hydrogens is 254 g/mol. The molecule has 0 saturated carbocycles. The van der Waals surface area contributed by atoms with Crippen LogP contribution in [0, 0.1) is 0 Å². The number of anilines is 1. The van der Waals surface area contributed by atoms with Gasteiger partial charge >= 0.3 is 0 Å². The zero-order valence-electron chi connectivity index (χ0n) is 11.3. The molecule has 102 valence electrons. The van der Waals surface area contributed by atoms with Crippen LogP contribution in [0.2, 0.25) is 0 Å². The summed E-state index contributed by atoms with van der Waals surface area (Å²) >= 11 is 0. The number of hydrogen-bond acceptors (Lipinski definition) is 4. The minimum Gasteiger partial charge on any atom is -0.497 e. The van der Waals surface area contributed by atoms with Crippen LogP contribution in [0.15, 0.2) is 47.8 Å². The van der Waals surface area contributed by atoms with Gasteiger partial charge in [-0.3, -0.25) is 4.79 Å². The van der Waals surface area contributed by atoms with Gasteiger partial charge in [-0.15, -0.1) is 0 Å². The number of hydrogen-bond donors (Lipinski definition) is 1. The minimum absolute atomic E-state index is 0.00463. The van der Waals surface area contributed by atoms with Gasteiger partial charge in [-0.1, -0.05) is 6.08 Å². The Morgan fingerprint density at radius 3 is 2.80 bits per heavy atom. The molecule has 1 heterocycles. The predicted octanol–water partition coefficient (Wildman–Crippen LogP) is 2.54. The van der Waals surface area contributed by atoms with E-state index in [1.165, 1.54) is 0 Å². The number of carbonyl (C=O) groups excluding carboxylic acids is 1. The number of allylic oxidation sites excluding steroid dienone is 2. The summed E-state index contributed by atoms with van der Waals surface area (Å²) < 4.78 is 10.5. The van der Waals surface area contributed by atoms with E-state index in [2.05, 4.69) is 5.32 Å². The van der Waals surface area contributed by atoms with Crippen LogP contribution < -0.4 is 10.1 Å². The number of methoxy groups -OCH3 is 2. The fourth-order valence-corrected chi connectivity index (χ4v) is 2.54. The van der Waals surface area contributed by atoms with Gasteiger partial charge in [0.1, 0.15) is 11.5 Å². The maximum absolute atomic E-state index is 11.6. The highest BCUT2D eigenvalue weighted by atomic mass is 16.5. The third-order valence-corrected chi connectivity index (χ3v) is 3.58. The normalized spacial score (nSPS) is 19.5. The highest BCUT2D eigenvalue weighted by Gasteiger charge is 2.26. The van der Waals surface area contributed by atoms with Crippen LogP contribution in [0.5, 0.6) is 5.75 Å². The number of benzene rings is 1.